The van der Waals surface area contributed by atoms with Crippen LogP contribution in [0.15, 0.2) is 46.9 Å². The van der Waals surface area contributed by atoms with Gasteiger partial charge in [0.25, 0.3) is 0 Å². The highest BCUT2D eigenvalue weighted by molar-refractivity contribution is 7.99. The van der Waals surface area contributed by atoms with Gasteiger partial charge in [-0.1, -0.05) is 17.8 Å². The number of hydrogen-bond donors (Lipinski definition) is 1. The lowest BCUT2D eigenvalue weighted by Gasteiger charge is -1.98. The first-order valence-electron chi connectivity index (χ1n) is 6.10. The number of H-pyrrole nitrogens is 1. The van der Waals surface area contributed by atoms with Crippen LogP contribution in [-0.2, 0) is 0 Å². The molecule has 2 heterocycles. The number of halogens is 1. The van der Waals surface area contributed by atoms with E-state index in [4.69, 9.17) is 0 Å². The van der Waals surface area contributed by atoms with Crippen LogP contribution in [-0.4, -0.2) is 26.7 Å². The van der Waals surface area contributed by atoms with E-state index in [2.05, 4.69) is 15.2 Å². The van der Waals surface area contributed by atoms with Crippen molar-refractivity contribution in [1.82, 2.24) is 15.2 Å². The molecule has 0 fully saturated rings. The first-order valence-corrected chi connectivity index (χ1v) is 7.97. The molecule has 1 N–H and O–H groups in total. The van der Waals surface area contributed by atoms with Gasteiger partial charge < -0.3 is 0 Å². The van der Waals surface area contributed by atoms with Crippen LogP contribution < -0.4 is 0 Å². The minimum Gasteiger partial charge on any atom is -0.293 e. The fraction of sp³-hybridized carbons (Fsp3) is 0.0714. The zero-order valence-corrected chi connectivity index (χ0v) is 12.4. The summed E-state index contributed by atoms with van der Waals surface area (Å²) in [6.07, 6.45) is 0. The second-order valence-electron chi connectivity index (χ2n) is 4.16. The number of hydrogen-bond acceptors (Lipinski definition) is 5. The Kier molecular flexibility index (Phi) is 4.12. The minimum absolute atomic E-state index is 0.0810. The quantitative estimate of drug-likeness (QED) is 0.576. The fourth-order valence-electron chi connectivity index (χ4n) is 1.68. The van der Waals surface area contributed by atoms with Crippen LogP contribution >= 0.6 is 23.1 Å². The average Bonchev–Trinajstić information content (AvgIpc) is 3.16. The van der Waals surface area contributed by atoms with Crippen LogP contribution in [0.1, 0.15) is 10.4 Å². The standard InChI is InChI=1S/C14H10FN3OS2/c15-10-5-3-9(4-6-10)11(19)8-21-14-16-13(17-18-14)12-2-1-7-20-12/h1-7H,8H2,(H,16,17,18). The Morgan fingerprint density at radius 1 is 1.29 bits per heavy atom. The van der Waals surface area contributed by atoms with Gasteiger partial charge in [0.1, 0.15) is 5.82 Å². The Hall–Kier alpha value is -1.99. The second kappa shape index (κ2) is 6.19. The van der Waals surface area contributed by atoms with Crippen molar-refractivity contribution in [2.24, 2.45) is 0 Å². The molecule has 0 radical (unpaired) electrons. The first-order chi connectivity index (χ1) is 10.2. The maximum absolute atomic E-state index is 12.8. The number of aromatic nitrogens is 3. The molecule has 3 aromatic rings. The maximum Gasteiger partial charge on any atom is 0.209 e. The lowest BCUT2D eigenvalue weighted by atomic mass is 10.1. The number of ketones is 1. The molecule has 0 atom stereocenters. The lowest BCUT2D eigenvalue weighted by molar-refractivity contribution is 0.102. The largest absolute Gasteiger partial charge is 0.293 e. The number of aromatic amines is 1. The summed E-state index contributed by atoms with van der Waals surface area (Å²) in [6.45, 7) is 0. The van der Waals surface area contributed by atoms with Crippen LogP contribution in [0.4, 0.5) is 4.39 Å². The molecule has 3 rings (SSSR count). The normalized spacial score (nSPS) is 10.7. The van der Waals surface area contributed by atoms with E-state index >= 15 is 0 Å². The third-order valence-corrected chi connectivity index (χ3v) is 4.44. The molecule has 4 nitrogen and oxygen atoms in total. The predicted octanol–water partition coefficient (Wildman–Crippen LogP) is 3.65. The number of thioether (sulfide) groups is 1. The van der Waals surface area contributed by atoms with Gasteiger partial charge in [-0.15, -0.1) is 16.4 Å². The molecule has 7 heteroatoms. The molecular weight excluding hydrogens is 309 g/mol. The molecule has 106 valence electrons. The highest BCUT2D eigenvalue weighted by atomic mass is 32.2. The number of carbonyl (C=O) groups excluding carboxylic acids is 1. The van der Waals surface area contributed by atoms with Crippen molar-refractivity contribution in [2.45, 2.75) is 5.16 Å². The van der Waals surface area contributed by atoms with Crippen LogP contribution in [0.2, 0.25) is 0 Å². The van der Waals surface area contributed by atoms with Crippen LogP contribution in [0, 0.1) is 5.82 Å². The summed E-state index contributed by atoms with van der Waals surface area (Å²) >= 11 is 2.82. The van der Waals surface area contributed by atoms with Crippen molar-refractivity contribution in [1.29, 1.82) is 0 Å². The van der Waals surface area contributed by atoms with Gasteiger partial charge in [0.05, 0.1) is 10.6 Å². The van der Waals surface area contributed by atoms with E-state index in [0.29, 0.717) is 16.5 Å². The van der Waals surface area contributed by atoms with E-state index in [-0.39, 0.29) is 17.4 Å². The second-order valence-corrected chi connectivity index (χ2v) is 6.05. The molecule has 0 saturated carbocycles. The molecule has 0 aliphatic rings. The molecule has 0 spiro atoms. The van der Waals surface area contributed by atoms with E-state index in [1.807, 2.05) is 17.5 Å². The van der Waals surface area contributed by atoms with Crippen molar-refractivity contribution in [3.63, 3.8) is 0 Å². The van der Waals surface area contributed by atoms with E-state index < -0.39 is 0 Å². The fourth-order valence-corrected chi connectivity index (χ4v) is 3.04. The zero-order valence-electron chi connectivity index (χ0n) is 10.7. The molecule has 0 aliphatic carbocycles. The first kappa shape index (κ1) is 14.0. The number of rotatable bonds is 5. The van der Waals surface area contributed by atoms with Gasteiger partial charge in [0.15, 0.2) is 11.6 Å². The molecular formula is C14H10FN3OS2. The van der Waals surface area contributed by atoms with Crippen LogP contribution in [0.3, 0.4) is 0 Å². The highest BCUT2D eigenvalue weighted by Gasteiger charge is 2.11. The molecule has 0 saturated heterocycles. The molecule has 0 bridgehead atoms. The third-order valence-electron chi connectivity index (χ3n) is 2.72. The van der Waals surface area contributed by atoms with E-state index in [1.165, 1.54) is 36.0 Å². The summed E-state index contributed by atoms with van der Waals surface area (Å²) in [4.78, 5) is 17.3. The SMILES string of the molecule is O=C(CSc1n[nH]c(-c2cccs2)n1)c1ccc(F)cc1. The maximum atomic E-state index is 12.8. The molecule has 0 aliphatic heterocycles. The number of thiophene rings is 1. The predicted molar refractivity (Wildman–Crippen MR) is 81.2 cm³/mol. The Bertz CT molecular complexity index is 738. The number of benzene rings is 1. The van der Waals surface area contributed by atoms with Crippen LogP contribution in [0.5, 0.6) is 0 Å². The van der Waals surface area contributed by atoms with Crippen molar-refractivity contribution in [3.8, 4) is 10.7 Å². The monoisotopic (exact) mass is 319 g/mol. The van der Waals surface area contributed by atoms with Gasteiger partial charge in [-0.05, 0) is 35.7 Å². The number of nitrogens with one attached hydrogen (secondary N) is 1. The van der Waals surface area contributed by atoms with Gasteiger partial charge in [0.2, 0.25) is 5.16 Å². The van der Waals surface area contributed by atoms with E-state index in [0.717, 1.165) is 4.88 Å². The summed E-state index contributed by atoms with van der Waals surface area (Å²) in [7, 11) is 0. The number of carbonyl (C=O) groups is 1. The van der Waals surface area contributed by atoms with Gasteiger partial charge in [-0.2, -0.15) is 0 Å². The molecule has 0 amide bonds. The topological polar surface area (TPSA) is 58.6 Å². The number of nitrogens with zero attached hydrogens (tertiary/aromatic N) is 2. The summed E-state index contributed by atoms with van der Waals surface area (Å²) in [5.74, 6) is 0.478. The third kappa shape index (κ3) is 3.37. The summed E-state index contributed by atoms with van der Waals surface area (Å²) in [6, 6.07) is 9.40. The summed E-state index contributed by atoms with van der Waals surface area (Å²) < 4.78 is 12.8. The smallest absolute Gasteiger partial charge is 0.209 e. The Labute approximate surface area is 128 Å². The lowest BCUT2D eigenvalue weighted by Crippen LogP contribution is -2.02. The van der Waals surface area contributed by atoms with Crippen molar-refractivity contribution in [3.05, 3.63) is 53.2 Å². The Balaban J connectivity index is 1.62. The van der Waals surface area contributed by atoms with Gasteiger partial charge >= 0.3 is 0 Å². The Morgan fingerprint density at radius 2 is 2.10 bits per heavy atom. The summed E-state index contributed by atoms with van der Waals surface area (Å²) in [5, 5.41) is 9.40. The van der Waals surface area contributed by atoms with Crippen molar-refractivity contribution < 1.29 is 9.18 Å². The average molecular weight is 319 g/mol. The van der Waals surface area contributed by atoms with Gasteiger partial charge in [-0.3, -0.25) is 9.89 Å². The van der Waals surface area contributed by atoms with Crippen molar-refractivity contribution in [2.75, 3.05) is 5.75 Å². The minimum atomic E-state index is -0.353. The highest BCUT2D eigenvalue weighted by Crippen LogP contribution is 2.23. The van der Waals surface area contributed by atoms with Crippen molar-refractivity contribution >= 4 is 28.9 Å². The molecule has 1 aromatic carbocycles. The van der Waals surface area contributed by atoms with E-state index in [1.54, 1.807) is 11.3 Å². The van der Waals surface area contributed by atoms with E-state index in [9.17, 15) is 9.18 Å². The zero-order chi connectivity index (χ0) is 14.7. The van der Waals surface area contributed by atoms with Crippen LogP contribution in [0.25, 0.3) is 10.7 Å². The summed E-state index contributed by atoms with van der Waals surface area (Å²) in [5.41, 5.74) is 0.484. The van der Waals surface area contributed by atoms with Gasteiger partial charge in [-0.25, -0.2) is 9.37 Å². The Morgan fingerprint density at radius 3 is 2.81 bits per heavy atom. The van der Waals surface area contributed by atoms with Gasteiger partial charge in [0, 0.05) is 5.56 Å². The molecule has 21 heavy (non-hydrogen) atoms. The molecule has 2 aromatic heterocycles. The number of Topliss-reactive ketones (excluding diaryl/α,β-unsaturated/α-hetero) is 1. The molecule has 0 unspecified atom stereocenters.